The van der Waals surface area contributed by atoms with Gasteiger partial charge < -0.3 is 10.2 Å². The number of aryl methyl sites for hydroxylation is 1. The van der Waals surface area contributed by atoms with Crippen molar-refractivity contribution in [1.82, 2.24) is 10.2 Å². The monoisotopic (exact) mass is 625 g/mol. The third-order valence-electron chi connectivity index (χ3n) is 7.85. The molecule has 1 unspecified atom stereocenters. The lowest BCUT2D eigenvalue weighted by atomic mass is 9.95. The Hall–Kier alpha value is -3.37. The number of sulfonamides is 1. The summed E-state index contributed by atoms with van der Waals surface area (Å²) >= 11 is 1.50. The Labute approximate surface area is 258 Å². The molecule has 1 aliphatic rings. The first-order valence-electron chi connectivity index (χ1n) is 14.7. The second kappa shape index (κ2) is 14.9. The average Bonchev–Trinajstić information content (AvgIpc) is 3.01. The first-order chi connectivity index (χ1) is 20.6. The number of nitrogens with zero attached hydrogens (tertiary/aromatic N) is 2. The maximum Gasteiger partial charge on any atom is 0.264 e. The molecule has 1 saturated carbocycles. The lowest BCUT2D eigenvalue weighted by molar-refractivity contribution is -0.140. The van der Waals surface area contributed by atoms with Crippen molar-refractivity contribution in [3.05, 3.63) is 89.7 Å². The molecular formula is C33H40FN3O4S2. The fraction of sp³-hybridized carbons (Fsp3) is 0.394. The van der Waals surface area contributed by atoms with E-state index in [0.29, 0.717) is 17.7 Å². The van der Waals surface area contributed by atoms with Crippen LogP contribution in [0.4, 0.5) is 10.1 Å². The highest BCUT2D eigenvalue weighted by Gasteiger charge is 2.34. The highest BCUT2D eigenvalue weighted by molar-refractivity contribution is 7.98. The zero-order valence-corrected chi connectivity index (χ0v) is 26.6. The number of carbonyl (C=O) groups is 2. The minimum absolute atomic E-state index is 0.0277. The van der Waals surface area contributed by atoms with Crippen LogP contribution < -0.4 is 9.62 Å². The van der Waals surface area contributed by atoms with Crippen LogP contribution in [0.15, 0.2) is 82.6 Å². The Morgan fingerprint density at radius 2 is 1.58 bits per heavy atom. The minimum atomic E-state index is -4.15. The van der Waals surface area contributed by atoms with E-state index in [1.165, 1.54) is 40.9 Å². The van der Waals surface area contributed by atoms with Crippen molar-refractivity contribution in [3.8, 4) is 0 Å². The maximum atomic E-state index is 14.2. The number of rotatable bonds is 12. The van der Waals surface area contributed by atoms with Gasteiger partial charge in [-0.25, -0.2) is 12.8 Å². The molecule has 7 nitrogen and oxygen atoms in total. The van der Waals surface area contributed by atoms with E-state index in [1.54, 1.807) is 48.5 Å². The van der Waals surface area contributed by atoms with Gasteiger partial charge in [-0.15, -0.1) is 11.8 Å². The summed E-state index contributed by atoms with van der Waals surface area (Å²) in [6, 6.07) is 18.5. The number of nitrogens with one attached hydrogen (secondary N) is 1. The van der Waals surface area contributed by atoms with Gasteiger partial charge in [-0.05, 0) is 86.5 Å². The molecule has 10 heteroatoms. The highest BCUT2D eigenvalue weighted by atomic mass is 32.2. The molecule has 1 aliphatic carbocycles. The van der Waals surface area contributed by atoms with E-state index in [2.05, 4.69) is 5.32 Å². The van der Waals surface area contributed by atoms with Gasteiger partial charge in [-0.3, -0.25) is 13.9 Å². The zero-order chi connectivity index (χ0) is 31.0. The summed E-state index contributed by atoms with van der Waals surface area (Å²) in [4.78, 5) is 30.2. The summed E-state index contributed by atoms with van der Waals surface area (Å²) in [5.74, 6) is -1.20. The number of halogens is 1. The van der Waals surface area contributed by atoms with Gasteiger partial charge in [-0.1, -0.05) is 56.0 Å². The van der Waals surface area contributed by atoms with Crippen LogP contribution in [0.1, 0.15) is 56.6 Å². The summed E-state index contributed by atoms with van der Waals surface area (Å²) in [7, 11) is -4.15. The Morgan fingerprint density at radius 1 is 0.953 bits per heavy atom. The molecular weight excluding hydrogens is 586 g/mol. The first-order valence-corrected chi connectivity index (χ1v) is 17.4. The normalized spacial score (nSPS) is 14.6. The third kappa shape index (κ3) is 8.38. The number of hydrogen-bond donors (Lipinski definition) is 1. The second-order valence-electron chi connectivity index (χ2n) is 10.9. The van der Waals surface area contributed by atoms with Crippen molar-refractivity contribution in [2.24, 2.45) is 0 Å². The van der Waals surface area contributed by atoms with E-state index in [-0.39, 0.29) is 23.4 Å². The number of thioether (sulfide) groups is 1. The van der Waals surface area contributed by atoms with E-state index < -0.39 is 34.3 Å². The Kier molecular flexibility index (Phi) is 11.3. The Morgan fingerprint density at radius 3 is 2.16 bits per heavy atom. The van der Waals surface area contributed by atoms with Crippen LogP contribution in [-0.4, -0.2) is 50.0 Å². The van der Waals surface area contributed by atoms with E-state index in [4.69, 9.17) is 0 Å². The molecule has 3 aromatic rings. The van der Waals surface area contributed by atoms with Crippen molar-refractivity contribution >= 4 is 39.3 Å². The number of carbonyl (C=O) groups excluding carboxylic acids is 2. The Bertz CT molecular complexity index is 1470. The highest BCUT2D eigenvalue weighted by Crippen LogP contribution is 2.27. The molecule has 3 aromatic carbocycles. The number of anilines is 1. The molecule has 0 aliphatic heterocycles. The summed E-state index contributed by atoms with van der Waals surface area (Å²) in [5, 5.41) is 3.13. The molecule has 0 heterocycles. The van der Waals surface area contributed by atoms with Crippen molar-refractivity contribution < 1.29 is 22.4 Å². The van der Waals surface area contributed by atoms with Crippen LogP contribution in [0.25, 0.3) is 0 Å². The van der Waals surface area contributed by atoms with Crippen molar-refractivity contribution in [3.63, 3.8) is 0 Å². The summed E-state index contributed by atoms with van der Waals surface area (Å²) < 4.78 is 42.9. The molecule has 4 rings (SSSR count). The SMILES string of the molecule is CCC(C(=O)NC1CCCCC1)N(Cc1ccc(F)cc1)C(=O)CN(c1ccc(C)cc1)S(=O)(=O)c1ccc(SC)cc1. The minimum Gasteiger partial charge on any atom is -0.352 e. The summed E-state index contributed by atoms with van der Waals surface area (Å²) in [6.07, 6.45) is 7.25. The standard InChI is InChI=1S/C33H40FN3O4S2/c1-4-31(33(39)35-27-8-6-5-7-9-27)36(22-25-12-14-26(34)15-13-25)32(38)23-37(28-16-10-24(2)11-17-28)43(40,41)30-20-18-29(42-3)19-21-30/h10-21,27,31H,4-9,22-23H2,1-3H3,(H,35,39). The summed E-state index contributed by atoms with van der Waals surface area (Å²) in [5.41, 5.74) is 1.92. The van der Waals surface area contributed by atoms with Gasteiger partial charge in [0, 0.05) is 17.5 Å². The largest absolute Gasteiger partial charge is 0.352 e. The smallest absolute Gasteiger partial charge is 0.264 e. The predicted molar refractivity (Wildman–Crippen MR) is 170 cm³/mol. The van der Waals surface area contributed by atoms with Crippen LogP contribution in [0.2, 0.25) is 0 Å². The quantitative estimate of drug-likeness (QED) is 0.239. The average molecular weight is 626 g/mol. The fourth-order valence-electron chi connectivity index (χ4n) is 5.36. The van der Waals surface area contributed by atoms with Crippen molar-refractivity contribution in [2.45, 2.75) is 80.8 Å². The molecule has 0 aromatic heterocycles. The molecule has 1 N–H and O–H groups in total. The van der Waals surface area contributed by atoms with Crippen LogP contribution in [0.3, 0.4) is 0 Å². The molecule has 0 radical (unpaired) electrons. The van der Waals surface area contributed by atoms with Crippen LogP contribution in [0, 0.1) is 12.7 Å². The van der Waals surface area contributed by atoms with Gasteiger partial charge >= 0.3 is 0 Å². The molecule has 2 amide bonds. The van der Waals surface area contributed by atoms with Gasteiger partial charge in [0.2, 0.25) is 11.8 Å². The molecule has 43 heavy (non-hydrogen) atoms. The number of benzene rings is 3. The number of hydrogen-bond acceptors (Lipinski definition) is 5. The van der Waals surface area contributed by atoms with Gasteiger partial charge in [0.05, 0.1) is 10.6 Å². The number of amides is 2. The zero-order valence-electron chi connectivity index (χ0n) is 25.0. The maximum absolute atomic E-state index is 14.2. The van der Waals surface area contributed by atoms with E-state index >= 15 is 0 Å². The van der Waals surface area contributed by atoms with Gasteiger partial charge in [0.25, 0.3) is 10.0 Å². The van der Waals surface area contributed by atoms with Gasteiger partial charge in [0.15, 0.2) is 0 Å². The van der Waals surface area contributed by atoms with Crippen molar-refractivity contribution in [1.29, 1.82) is 0 Å². The summed E-state index contributed by atoms with van der Waals surface area (Å²) in [6.45, 7) is 3.25. The van der Waals surface area contributed by atoms with Crippen LogP contribution in [0.5, 0.6) is 0 Å². The third-order valence-corrected chi connectivity index (χ3v) is 10.4. The molecule has 230 valence electrons. The lowest BCUT2D eigenvalue weighted by Gasteiger charge is -2.34. The Balaban J connectivity index is 1.69. The molecule has 1 atom stereocenters. The first kappa shape index (κ1) is 32.5. The molecule has 1 fully saturated rings. The van der Waals surface area contributed by atoms with E-state index in [0.717, 1.165) is 46.9 Å². The van der Waals surface area contributed by atoms with E-state index in [9.17, 15) is 22.4 Å². The van der Waals surface area contributed by atoms with Crippen molar-refractivity contribution in [2.75, 3.05) is 17.1 Å². The predicted octanol–water partition coefficient (Wildman–Crippen LogP) is 6.31. The van der Waals surface area contributed by atoms with Gasteiger partial charge in [-0.2, -0.15) is 0 Å². The second-order valence-corrected chi connectivity index (χ2v) is 13.7. The fourth-order valence-corrected chi connectivity index (χ4v) is 7.19. The molecule has 0 bridgehead atoms. The molecule has 0 spiro atoms. The van der Waals surface area contributed by atoms with E-state index in [1.807, 2.05) is 20.1 Å². The molecule has 0 saturated heterocycles. The topological polar surface area (TPSA) is 86.8 Å². The lowest BCUT2D eigenvalue weighted by Crippen LogP contribution is -2.54. The van der Waals surface area contributed by atoms with Crippen LogP contribution in [-0.2, 0) is 26.2 Å². The van der Waals surface area contributed by atoms with Crippen LogP contribution >= 0.6 is 11.8 Å². The van der Waals surface area contributed by atoms with Gasteiger partial charge in [0.1, 0.15) is 18.4 Å².